The van der Waals surface area contributed by atoms with Crippen molar-refractivity contribution < 1.29 is 4.74 Å². The summed E-state index contributed by atoms with van der Waals surface area (Å²) in [5, 5.41) is 7.47. The summed E-state index contributed by atoms with van der Waals surface area (Å²) in [5.41, 5.74) is 10.8. The molecule has 0 radical (unpaired) electrons. The van der Waals surface area contributed by atoms with Crippen molar-refractivity contribution in [3.63, 3.8) is 0 Å². The Labute approximate surface area is 266 Å². The lowest BCUT2D eigenvalue weighted by Crippen LogP contribution is -1.97. The van der Waals surface area contributed by atoms with Gasteiger partial charge in [-0.15, -0.1) is 0 Å². The molecule has 0 N–H and O–H groups in total. The third-order valence-corrected chi connectivity index (χ3v) is 9.60. The fraction of sp³-hybridized carbons (Fsp3) is 0. The lowest BCUT2D eigenvalue weighted by Gasteiger charge is -2.22. The first-order valence-corrected chi connectivity index (χ1v) is 15.8. The number of fused-ring (bicyclic) bond motifs is 7. The molecule has 0 unspecified atom stereocenters. The van der Waals surface area contributed by atoms with E-state index in [1.807, 2.05) is 12.1 Å². The molecule has 2 heterocycles. The van der Waals surface area contributed by atoms with E-state index in [1.165, 1.54) is 71.2 Å². The van der Waals surface area contributed by atoms with E-state index in [4.69, 9.17) is 4.74 Å². The van der Waals surface area contributed by atoms with E-state index in [-0.39, 0.29) is 0 Å². The highest BCUT2D eigenvalue weighted by Gasteiger charge is 2.22. The second-order valence-corrected chi connectivity index (χ2v) is 12.1. The van der Waals surface area contributed by atoms with Gasteiger partial charge in [-0.1, -0.05) is 133 Å². The number of hydrogen-bond acceptors (Lipinski definition) is 1. The van der Waals surface area contributed by atoms with Crippen LogP contribution in [0.5, 0.6) is 11.5 Å². The molecule has 214 valence electrons. The Morgan fingerprint density at radius 1 is 0.370 bits per heavy atom. The SMILES string of the molecule is c1ccc(-n2c3ccc4ccccc4c3c3cccc(-c4ccc(-c5ccc6c7c(cccc57)-c5ccccc5O6)cc4)c32)cc1. The molecule has 46 heavy (non-hydrogen) atoms. The first kappa shape index (κ1) is 25.2. The van der Waals surface area contributed by atoms with Crippen molar-refractivity contribution >= 4 is 43.4 Å². The molecule has 0 aliphatic carbocycles. The third kappa shape index (κ3) is 3.59. The molecule has 0 saturated carbocycles. The Bertz CT molecular complexity index is 2650. The van der Waals surface area contributed by atoms with Gasteiger partial charge in [0.2, 0.25) is 0 Å². The summed E-state index contributed by atoms with van der Waals surface area (Å²) in [6, 6.07) is 59.0. The Morgan fingerprint density at radius 3 is 1.91 bits per heavy atom. The second-order valence-electron chi connectivity index (χ2n) is 12.1. The molecule has 2 heteroatoms. The number of benzene rings is 8. The fourth-order valence-corrected chi connectivity index (χ4v) is 7.58. The highest BCUT2D eigenvalue weighted by Crippen LogP contribution is 2.48. The van der Waals surface area contributed by atoms with Crippen molar-refractivity contribution in [2.45, 2.75) is 0 Å². The summed E-state index contributed by atoms with van der Waals surface area (Å²) in [6.45, 7) is 0. The van der Waals surface area contributed by atoms with E-state index >= 15 is 0 Å². The normalized spacial score (nSPS) is 12.1. The van der Waals surface area contributed by atoms with Crippen LogP contribution in [0.1, 0.15) is 0 Å². The van der Waals surface area contributed by atoms with Gasteiger partial charge in [0, 0.05) is 33.0 Å². The minimum absolute atomic E-state index is 0.912. The Morgan fingerprint density at radius 2 is 1.04 bits per heavy atom. The molecule has 0 saturated heterocycles. The van der Waals surface area contributed by atoms with Crippen LogP contribution in [0.2, 0.25) is 0 Å². The van der Waals surface area contributed by atoms with Gasteiger partial charge in [-0.25, -0.2) is 0 Å². The van der Waals surface area contributed by atoms with Gasteiger partial charge in [-0.05, 0) is 68.7 Å². The number of rotatable bonds is 3. The van der Waals surface area contributed by atoms with Gasteiger partial charge in [0.15, 0.2) is 0 Å². The summed E-state index contributed by atoms with van der Waals surface area (Å²) in [4.78, 5) is 0. The maximum absolute atomic E-state index is 6.36. The van der Waals surface area contributed by atoms with E-state index in [0.717, 1.165) is 22.7 Å². The van der Waals surface area contributed by atoms with Gasteiger partial charge in [0.1, 0.15) is 11.5 Å². The van der Waals surface area contributed by atoms with Crippen LogP contribution in [-0.2, 0) is 0 Å². The predicted octanol–water partition coefficient (Wildman–Crippen LogP) is 12.2. The number of nitrogens with zero attached hydrogens (tertiary/aromatic N) is 1. The van der Waals surface area contributed by atoms with Crippen LogP contribution in [0, 0.1) is 0 Å². The van der Waals surface area contributed by atoms with Crippen molar-refractivity contribution in [2.24, 2.45) is 0 Å². The quantitative estimate of drug-likeness (QED) is 0.201. The number of hydrogen-bond donors (Lipinski definition) is 0. The minimum Gasteiger partial charge on any atom is -0.456 e. The second kappa shape index (κ2) is 9.69. The standard InChI is InChI=1S/C44H27NO/c1-2-11-31(12-3-1)45-39-26-24-28-10-4-5-13-33(28)42(39)38-18-8-15-34(44(38)45)30-22-20-29(21-23-30)32-25-27-41-43-36(32)16-9-17-37(43)35-14-6-7-19-40(35)46-41/h1-27H. The van der Waals surface area contributed by atoms with Crippen LogP contribution in [0.25, 0.3) is 82.4 Å². The largest absolute Gasteiger partial charge is 0.456 e. The van der Waals surface area contributed by atoms with E-state index in [2.05, 4.69) is 156 Å². The topological polar surface area (TPSA) is 14.2 Å². The number of para-hydroxylation sites is 3. The molecule has 9 aromatic rings. The third-order valence-electron chi connectivity index (χ3n) is 9.60. The molecule has 0 fully saturated rings. The highest BCUT2D eigenvalue weighted by molar-refractivity contribution is 6.23. The zero-order valence-corrected chi connectivity index (χ0v) is 24.9. The number of aromatic nitrogens is 1. The molecular formula is C44H27NO. The van der Waals surface area contributed by atoms with Gasteiger partial charge >= 0.3 is 0 Å². The maximum Gasteiger partial charge on any atom is 0.135 e. The summed E-state index contributed by atoms with van der Waals surface area (Å²) >= 11 is 0. The molecule has 0 amide bonds. The molecule has 1 aliphatic heterocycles. The Kier molecular flexibility index (Phi) is 5.31. The Hall–Kier alpha value is -6.12. The van der Waals surface area contributed by atoms with Crippen molar-refractivity contribution in [2.75, 3.05) is 0 Å². The van der Waals surface area contributed by atoms with Crippen LogP contribution < -0.4 is 4.74 Å². The van der Waals surface area contributed by atoms with Crippen LogP contribution in [-0.4, -0.2) is 4.57 Å². The first-order valence-electron chi connectivity index (χ1n) is 15.8. The lowest BCUT2D eigenvalue weighted by atomic mass is 9.90. The molecular weight excluding hydrogens is 558 g/mol. The van der Waals surface area contributed by atoms with E-state index in [9.17, 15) is 0 Å². The van der Waals surface area contributed by atoms with Crippen LogP contribution in [0.15, 0.2) is 164 Å². The van der Waals surface area contributed by atoms with Crippen molar-refractivity contribution in [1.29, 1.82) is 0 Å². The molecule has 0 bridgehead atoms. The van der Waals surface area contributed by atoms with Gasteiger partial charge in [-0.3, -0.25) is 0 Å². The average Bonchev–Trinajstić information content (AvgIpc) is 3.48. The lowest BCUT2D eigenvalue weighted by molar-refractivity contribution is 0.487. The summed E-state index contributed by atoms with van der Waals surface area (Å²) in [5.74, 6) is 1.83. The highest BCUT2D eigenvalue weighted by atomic mass is 16.5. The predicted molar refractivity (Wildman–Crippen MR) is 192 cm³/mol. The van der Waals surface area contributed by atoms with Gasteiger partial charge in [0.05, 0.1) is 11.0 Å². The molecule has 0 spiro atoms. The van der Waals surface area contributed by atoms with E-state index in [1.54, 1.807) is 0 Å². The fourth-order valence-electron chi connectivity index (χ4n) is 7.58. The molecule has 2 nitrogen and oxygen atoms in total. The van der Waals surface area contributed by atoms with Crippen LogP contribution in [0.4, 0.5) is 0 Å². The minimum atomic E-state index is 0.912. The maximum atomic E-state index is 6.36. The van der Waals surface area contributed by atoms with Gasteiger partial charge in [-0.2, -0.15) is 0 Å². The molecule has 10 rings (SSSR count). The molecule has 1 aliphatic rings. The van der Waals surface area contributed by atoms with Crippen LogP contribution in [0.3, 0.4) is 0 Å². The van der Waals surface area contributed by atoms with E-state index in [0.29, 0.717) is 0 Å². The van der Waals surface area contributed by atoms with Crippen LogP contribution >= 0.6 is 0 Å². The zero-order chi connectivity index (χ0) is 30.2. The van der Waals surface area contributed by atoms with Gasteiger partial charge < -0.3 is 9.30 Å². The van der Waals surface area contributed by atoms with Crippen molar-refractivity contribution in [3.8, 4) is 50.6 Å². The zero-order valence-electron chi connectivity index (χ0n) is 24.9. The summed E-state index contributed by atoms with van der Waals surface area (Å²) in [6.07, 6.45) is 0. The number of ether oxygens (including phenoxy) is 1. The van der Waals surface area contributed by atoms with Gasteiger partial charge in [0.25, 0.3) is 0 Å². The van der Waals surface area contributed by atoms with Crippen molar-refractivity contribution in [1.82, 2.24) is 4.57 Å². The monoisotopic (exact) mass is 585 g/mol. The first-order chi connectivity index (χ1) is 22.8. The summed E-state index contributed by atoms with van der Waals surface area (Å²) in [7, 11) is 0. The molecule has 1 aromatic heterocycles. The molecule has 0 atom stereocenters. The van der Waals surface area contributed by atoms with Crippen molar-refractivity contribution in [3.05, 3.63) is 164 Å². The Balaban J connectivity index is 1.17. The summed E-state index contributed by atoms with van der Waals surface area (Å²) < 4.78 is 8.79. The molecule has 8 aromatic carbocycles. The van der Waals surface area contributed by atoms with E-state index < -0.39 is 0 Å². The smallest absolute Gasteiger partial charge is 0.135 e. The average molecular weight is 586 g/mol.